The van der Waals surface area contributed by atoms with Crippen molar-refractivity contribution in [2.24, 2.45) is 0 Å². The fraction of sp³-hybridized carbons (Fsp3) is 0.143. The fourth-order valence-electron chi connectivity index (χ4n) is 1.89. The molecule has 132 valence electrons. The molecule has 11 heteroatoms. The number of carbonyl (C=O) groups is 1. The van der Waals surface area contributed by atoms with E-state index in [1.54, 1.807) is 0 Å². The van der Waals surface area contributed by atoms with E-state index in [0.29, 0.717) is 22.9 Å². The Labute approximate surface area is 142 Å². The lowest BCUT2D eigenvalue weighted by molar-refractivity contribution is -0.384. The molecule has 0 saturated carbocycles. The van der Waals surface area contributed by atoms with Gasteiger partial charge in [-0.3, -0.25) is 19.7 Å². The maximum Gasteiger partial charge on any atom is 0.417 e. The molecule has 0 spiro atoms. The summed E-state index contributed by atoms with van der Waals surface area (Å²) < 4.78 is 38.6. The van der Waals surface area contributed by atoms with Gasteiger partial charge >= 0.3 is 6.18 Å². The third kappa shape index (κ3) is 4.57. The van der Waals surface area contributed by atoms with Crippen molar-refractivity contribution in [1.82, 2.24) is 4.57 Å². The molecule has 0 fully saturated rings. The molecule has 1 aromatic carbocycles. The number of nitro benzene ring substituents is 1. The van der Waals surface area contributed by atoms with Gasteiger partial charge in [-0.05, 0) is 12.1 Å². The summed E-state index contributed by atoms with van der Waals surface area (Å²) in [6.07, 6.45) is -4.16. The van der Waals surface area contributed by atoms with Crippen LogP contribution in [-0.2, 0) is 17.5 Å². The molecule has 0 saturated heterocycles. The molecule has 0 aliphatic heterocycles. The van der Waals surface area contributed by atoms with Gasteiger partial charge in [-0.15, -0.1) is 0 Å². The van der Waals surface area contributed by atoms with Gasteiger partial charge in [0.2, 0.25) is 5.91 Å². The topological polar surface area (TPSA) is 94.2 Å². The molecule has 0 aliphatic rings. The van der Waals surface area contributed by atoms with E-state index in [1.165, 1.54) is 6.07 Å². The third-order valence-corrected chi connectivity index (χ3v) is 3.39. The van der Waals surface area contributed by atoms with Crippen molar-refractivity contribution in [3.8, 4) is 0 Å². The monoisotopic (exact) mass is 375 g/mol. The molecule has 25 heavy (non-hydrogen) atoms. The summed E-state index contributed by atoms with van der Waals surface area (Å²) in [6, 6.07) is 4.60. The molecule has 2 rings (SSSR count). The second kappa shape index (κ2) is 6.93. The quantitative estimate of drug-likeness (QED) is 0.656. The van der Waals surface area contributed by atoms with Crippen LogP contribution in [0.2, 0.25) is 5.02 Å². The number of non-ortho nitro benzene ring substituents is 1. The highest BCUT2D eigenvalue weighted by atomic mass is 35.5. The minimum Gasteiger partial charge on any atom is -0.323 e. The van der Waals surface area contributed by atoms with Crippen molar-refractivity contribution in [3.63, 3.8) is 0 Å². The van der Waals surface area contributed by atoms with E-state index >= 15 is 0 Å². The van der Waals surface area contributed by atoms with Crippen LogP contribution < -0.4 is 10.9 Å². The molecule has 2 aromatic rings. The molecule has 0 atom stereocenters. The highest BCUT2D eigenvalue weighted by Gasteiger charge is 2.31. The summed E-state index contributed by atoms with van der Waals surface area (Å²) in [5.41, 5.74) is -2.33. The van der Waals surface area contributed by atoms with Crippen molar-refractivity contribution < 1.29 is 22.9 Å². The number of halogens is 4. The van der Waals surface area contributed by atoms with E-state index in [2.05, 4.69) is 5.32 Å². The Morgan fingerprint density at radius 2 is 1.96 bits per heavy atom. The standard InChI is InChI=1S/C14H9ClF3N3O4/c15-10-3-2-9(21(24)25)5-11(10)19-12(22)7-20-6-8(14(16,17)18)1-4-13(20)23/h1-6H,7H2,(H,19,22). The van der Waals surface area contributed by atoms with Crippen LogP contribution in [0, 0.1) is 10.1 Å². The lowest BCUT2D eigenvalue weighted by atomic mass is 10.2. The zero-order valence-electron chi connectivity index (χ0n) is 12.2. The summed E-state index contributed by atoms with van der Waals surface area (Å²) in [4.78, 5) is 33.6. The van der Waals surface area contributed by atoms with Crippen LogP contribution in [0.15, 0.2) is 41.3 Å². The average Bonchev–Trinajstić information content (AvgIpc) is 2.50. The van der Waals surface area contributed by atoms with Gasteiger partial charge in [-0.25, -0.2) is 0 Å². The van der Waals surface area contributed by atoms with Gasteiger partial charge < -0.3 is 9.88 Å². The molecule has 1 heterocycles. The molecule has 1 aromatic heterocycles. The number of hydrogen-bond donors (Lipinski definition) is 1. The number of pyridine rings is 1. The van der Waals surface area contributed by atoms with Crippen LogP contribution in [0.4, 0.5) is 24.5 Å². The maximum atomic E-state index is 12.7. The zero-order valence-corrected chi connectivity index (χ0v) is 13.0. The van der Waals surface area contributed by atoms with Crippen LogP contribution in [0.25, 0.3) is 0 Å². The average molecular weight is 376 g/mol. The predicted octanol–water partition coefficient (Wildman–Crippen LogP) is 3.07. The first-order chi connectivity index (χ1) is 11.6. The first-order valence-corrected chi connectivity index (χ1v) is 6.97. The van der Waals surface area contributed by atoms with E-state index in [9.17, 15) is 32.9 Å². The van der Waals surface area contributed by atoms with Gasteiger partial charge in [0.25, 0.3) is 11.2 Å². The van der Waals surface area contributed by atoms with E-state index in [1.807, 2.05) is 0 Å². The lowest BCUT2D eigenvalue weighted by Crippen LogP contribution is -2.28. The van der Waals surface area contributed by atoms with Gasteiger partial charge in [0.15, 0.2) is 0 Å². The zero-order chi connectivity index (χ0) is 18.8. The Morgan fingerprint density at radius 1 is 1.28 bits per heavy atom. The number of amides is 1. The third-order valence-electron chi connectivity index (χ3n) is 3.06. The molecule has 0 bridgehead atoms. The van der Waals surface area contributed by atoms with E-state index < -0.39 is 34.7 Å². The Morgan fingerprint density at radius 3 is 2.56 bits per heavy atom. The normalized spacial score (nSPS) is 11.2. The van der Waals surface area contributed by atoms with Crippen molar-refractivity contribution >= 4 is 28.9 Å². The van der Waals surface area contributed by atoms with E-state index in [4.69, 9.17) is 11.6 Å². The van der Waals surface area contributed by atoms with Crippen molar-refractivity contribution in [1.29, 1.82) is 0 Å². The second-order valence-electron chi connectivity index (χ2n) is 4.85. The number of aromatic nitrogens is 1. The summed E-state index contributed by atoms with van der Waals surface area (Å²) >= 11 is 5.81. The summed E-state index contributed by atoms with van der Waals surface area (Å²) in [5, 5.41) is 12.9. The first kappa shape index (κ1) is 18.5. The summed E-state index contributed by atoms with van der Waals surface area (Å²) in [5.74, 6) is -0.871. The number of anilines is 1. The molecular weight excluding hydrogens is 367 g/mol. The Hall–Kier alpha value is -2.88. The summed E-state index contributed by atoms with van der Waals surface area (Å²) in [7, 11) is 0. The highest BCUT2D eigenvalue weighted by molar-refractivity contribution is 6.33. The lowest BCUT2D eigenvalue weighted by Gasteiger charge is -2.11. The van der Waals surface area contributed by atoms with Crippen LogP contribution in [0.3, 0.4) is 0 Å². The van der Waals surface area contributed by atoms with Gasteiger partial charge in [0, 0.05) is 24.4 Å². The minimum absolute atomic E-state index is 0.00432. The van der Waals surface area contributed by atoms with Gasteiger partial charge in [-0.1, -0.05) is 11.6 Å². The molecule has 0 radical (unpaired) electrons. The van der Waals surface area contributed by atoms with Gasteiger partial charge in [-0.2, -0.15) is 13.2 Å². The molecule has 1 amide bonds. The molecule has 1 N–H and O–H groups in total. The highest BCUT2D eigenvalue weighted by Crippen LogP contribution is 2.28. The maximum absolute atomic E-state index is 12.7. The number of carbonyl (C=O) groups excluding carboxylic acids is 1. The van der Waals surface area contributed by atoms with Crippen LogP contribution in [-0.4, -0.2) is 15.4 Å². The van der Waals surface area contributed by atoms with E-state index in [-0.39, 0.29) is 16.4 Å². The fourth-order valence-corrected chi connectivity index (χ4v) is 2.05. The molecule has 0 aliphatic carbocycles. The van der Waals surface area contributed by atoms with Crippen molar-refractivity contribution in [2.45, 2.75) is 12.7 Å². The Balaban J connectivity index is 2.23. The minimum atomic E-state index is -4.67. The number of nitrogens with one attached hydrogen (secondary N) is 1. The number of rotatable bonds is 4. The van der Waals surface area contributed by atoms with Crippen LogP contribution in [0.1, 0.15) is 5.56 Å². The van der Waals surface area contributed by atoms with Gasteiger partial charge in [0.1, 0.15) is 6.54 Å². The number of hydrogen-bond acceptors (Lipinski definition) is 4. The molecule has 0 unspecified atom stereocenters. The predicted molar refractivity (Wildman–Crippen MR) is 82.4 cm³/mol. The summed E-state index contributed by atoms with van der Waals surface area (Å²) in [6.45, 7) is -0.720. The Bertz CT molecular complexity index is 896. The Kier molecular flexibility index (Phi) is 5.12. The van der Waals surface area contributed by atoms with Crippen molar-refractivity contribution in [2.75, 3.05) is 5.32 Å². The SMILES string of the molecule is O=C(Cn1cc(C(F)(F)F)ccc1=O)Nc1cc([N+](=O)[O-])ccc1Cl. The smallest absolute Gasteiger partial charge is 0.323 e. The number of nitro groups is 1. The van der Waals surface area contributed by atoms with Crippen LogP contribution in [0.5, 0.6) is 0 Å². The number of nitrogens with zero attached hydrogens (tertiary/aromatic N) is 2. The van der Waals surface area contributed by atoms with Crippen LogP contribution >= 0.6 is 11.6 Å². The number of benzene rings is 1. The molecule has 7 nitrogen and oxygen atoms in total. The second-order valence-corrected chi connectivity index (χ2v) is 5.26. The largest absolute Gasteiger partial charge is 0.417 e. The number of alkyl halides is 3. The molecular formula is C14H9ClF3N3O4. The van der Waals surface area contributed by atoms with E-state index in [0.717, 1.165) is 12.1 Å². The van der Waals surface area contributed by atoms with Crippen molar-refractivity contribution in [3.05, 3.63) is 67.6 Å². The van der Waals surface area contributed by atoms with Gasteiger partial charge in [0.05, 0.1) is 21.2 Å². The first-order valence-electron chi connectivity index (χ1n) is 6.59.